The van der Waals surface area contributed by atoms with Gasteiger partial charge in [-0.1, -0.05) is 173 Å². The smallest absolute Gasteiger partial charge is 0.0455 e. The maximum atomic E-state index is 2.53. The average molecular weight is 797 g/mol. The highest BCUT2D eigenvalue weighted by Gasteiger charge is 2.39. The van der Waals surface area contributed by atoms with E-state index in [0.717, 1.165) is 0 Å². The molecular weight excluding hydrogens is 749 g/mol. The number of para-hydroxylation sites is 2. The Hall–Kier alpha value is -7.16. The third-order valence-electron chi connectivity index (χ3n) is 14.6. The molecule has 0 fully saturated rings. The molecule has 0 bridgehead atoms. The minimum atomic E-state index is -0.229. The second-order valence-electron chi connectivity index (χ2n) is 18.5. The van der Waals surface area contributed by atoms with Crippen LogP contribution in [0.3, 0.4) is 0 Å². The van der Waals surface area contributed by atoms with E-state index in [1.54, 1.807) is 0 Å². The zero-order valence-electron chi connectivity index (χ0n) is 36.2. The number of anilines is 4. The highest BCUT2D eigenvalue weighted by Crippen LogP contribution is 2.55. The fraction of sp³-hybridized carbons (Fsp3) is 0.133. The summed E-state index contributed by atoms with van der Waals surface area (Å²) in [5.41, 5.74) is 17.6. The van der Waals surface area contributed by atoms with Crippen LogP contribution >= 0.6 is 0 Å². The summed E-state index contributed by atoms with van der Waals surface area (Å²) in [6.07, 6.45) is 0. The Morgan fingerprint density at radius 3 is 1.26 bits per heavy atom. The second kappa shape index (κ2) is 13.2. The summed E-state index contributed by atoms with van der Waals surface area (Å²) in [6, 6.07) is 68.6. The van der Waals surface area contributed by atoms with Gasteiger partial charge >= 0.3 is 0 Å². The maximum Gasteiger partial charge on any atom is 0.0455 e. The first-order chi connectivity index (χ1) is 30.1. The van der Waals surface area contributed by atoms with Gasteiger partial charge in [0, 0.05) is 47.7 Å². The van der Waals surface area contributed by atoms with E-state index in [1.165, 1.54) is 121 Å². The van der Waals surface area contributed by atoms with Gasteiger partial charge in [-0.2, -0.15) is 0 Å². The lowest BCUT2D eigenvalue weighted by Crippen LogP contribution is -2.31. The molecule has 0 saturated heterocycles. The minimum absolute atomic E-state index is 0.229. The first-order valence-electron chi connectivity index (χ1n) is 22.0. The van der Waals surface area contributed by atoms with Gasteiger partial charge in [-0.25, -0.2) is 0 Å². The van der Waals surface area contributed by atoms with Crippen molar-refractivity contribution in [3.8, 4) is 33.4 Å². The second-order valence-corrected chi connectivity index (χ2v) is 18.5. The normalized spacial score (nSPS) is 14.8. The van der Waals surface area contributed by atoms with Gasteiger partial charge in [-0.3, -0.25) is 0 Å². The highest BCUT2D eigenvalue weighted by atomic mass is 15.1. The van der Waals surface area contributed by atoms with Crippen molar-refractivity contribution in [1.29, 1.82) is 0 Å². The van der Waals surface area contributed by atoms with Crippen molar-refractivity contribution in [1.82, 2.24) is 0 Å². The minimum Gasteiger partial charge on any atom is -0.344 e. The van der Waals surface area contributed by atoms with Crippen LogP contribution in [0.15, 0.2) is 182 Å². The fourth-order valence-electron chi connectivity index (χ4n) is 11.7. The number of fused-ring (bicyclic) bond motifs is 9. The molecule has 0 N–H and O–H groups in total. The Balaban J connectivity index is 1.22. The summed E-state index contributed by atoms with van der Waals surface area (Å²) in [6.45, 7) is 9.62. The molecule has 2 heterocycles. The number of hydrogen-bond acceptors (Lipinski definition) is 2. The molecule has 0 aliphatic carbocycles. The van der Waals surface area contributed by atoms with Crippen LogP contribution < -0.4 is 9.80 Å². The van der Waals surface area contributed by atoms with E-state index >= 15 is 0 Å². The van der Waals surface area contributed by atoms with Gasteiger partial charge in [0.2, 0.25) is 0 Å². The predicted octanol–water partition coefficient (Wildman–Crippen LogP) is 16.1. The SMILES string of the molecule is CN1c2ccccc2C(C)(C)c2c(-c3cccc4c(-c5cc6ccccc6c6ccccc56)c5cccc(-c6cccc7c6C(C)(C)c6ccccc6N7C)c5cc34)cccc21. The van der Waals surface area contributed by atoms with Gasteiger partial charge in [0.25, 0.3) is 0 Å². The molecule has 0 amide bonds. The van der Waals surface area contributed by atoms with Gasteiger partial charge in [0.1, 0.15) is 0 Å². The molecule has 0 saturated carbocycles. The Morgan fingerprint density at radius 2 is 0.710 bits per heavy atom. The first kappa shape index (κ1) is 36.7. The lowest BCUT2D eigenvalue weighted by atomic mass is 9.70. The van der Waals surface area contributed by atoms with Gasteiger partial charge in [0.05, 0.1) is 0 Å². The summed E-state index contributed by atoms with van der Waals surface area (Å²) in [5, 5.41) is 10.1. The van der Waals surface area contributed by atoms with Crippen LogP contribution in [-0.2, 0) is 10.8 Å². The van der Waals surface area contributed by atoms with Crippen LogP contribution in [0.4, 0.5) is 22.7 Å². The van der Waals surface area contributed by atoms with Gasteiger partial charge in [-0.15, -0.1) is 0 Å². The first-order valence-corrected chi connectivity index (χ1v) is 22.0. The van der Waals surface area contributed by atoms with E-state index < -0.39 is 0 Å². The molecule has 0 atom stereocenters. The van der Waals surface area contributed by atoms with Crippen molar-refractivity contribution >= 4 is 65.8 Å². The molecule has 2 heteroatoms. The molecule has 0 radical (unpaired) electrons. The zero-order valence-corrected chi connectivity index (χ0v) is 36.2. The molecule has 2 aliphatic heterocycles. The average Bonchev–Trinajstić information content (AvgIpc) is 3.31. The summed E-state index contributed by atoms with van der Waals surface area (Å²) in [5.74, 6) is 0. The third-order valence-corrected chi connectivity index (χ3v) is 14.6. The molecule has 0 aromatic heterocycles. The van der Waals surface area contributed by atoms with Crippen molar-refractivity contribution in [2.45, 2.75) is 38.5 Å². The van der Waals surface area contributed by atoms with Crippen molar-refractivity contribution in [2.75, 3.05) is 23.9 Å². The largest absolute Gasteiger partial charge is 0.344 e. The van der Waals surface area contributed by atoms with Crippen molar-refractivity contribution in [2.24, 2.45) is 0 Å². The van der Waals surface area contributed by atoms with Crippen molar-refractivity contribution < 1.29 is 0 Å². The fourth-order valence-corrected chi connectivity index (χ4v) is 11.7. The Morgan fingerprint density at radius 1 is 0.306 bits per heavy atom. The number of rotatable bonds is 3. The Labute approximate surface area is 364 Å². The predicted molar refractivity (Wildman–Crippen MR) is 266 cm³/mol. The Bertz CT molecular complexity index is 3340. The van der Waals surface area contributed by atoms with Gasteiger partial charge in [0.15, 0.2) is 0 Å². The number of benzene rings is 10. The van der Waals surface area contributed by atoms with Crippen LogP contribution in [0, 0.1) is 0 Å². The van der Waals surface area contributed by atoms with E-state index in [2.05, 4.69) is 234 Å². The molecular formula is C60H48N2. The number of hydrogen-bond donors (Lipinski definition) is 0. The highest BCUT2D eigenvalue weighted by molar-refractivity contribution is 6.24. The van der Waals surface area contributed by atoms with E-state index in [4.69, 9.17) is 0 Å². The molecule has 2 nitrogen and oxygen atoms in total. The monoisotopic (exact) mass is 796 g/mol. The van der Waals surface area contributed by atoms with Crippen LogP contribution in [-0.4, -0.2) is 14.1 Å². The Kier molecular flexibility index (Phi) is 7.79. The van der Waals surface area contributed by atoms with Crippen LogP contribution in [0.25, 0.3) is 76.5 Å². The lowest BCUT2D eigenvalue weighted by molar-refractivity contribution is 0.631. The van der Waals surface area contributed by atoms with Crippen molar-refractivity contribution in [3.63, 3.8) is 0 Å². The third kappa shape index (κ3) is 4.98. The zero-order chi connectivity index (χ0) is 42.1. The van der Waals surface area contributed by atoms with Crippen LogP contribution in [0.2, 0.25) is 0 Å². The summed E-state index contributed by atoms with van der Waals surface area (Å²) >= 11 is 0. The number of nitrogens with zero attached hydrogens (tertiary/aromatic N) is 2. The van der Waals surface area contributed by atoms with Gasteiger partial charge < -0.3 is 9.80 Å². The van der Waals surface area contributed by atoms with Crippen LogP contribution in [0.5, 0.6) is 0 Å². The molecule has 10 aromatic rings. The van der Waals surface area contributed by atoms with Gasteiger partial charge in [-0.05, 0) is 135 Å². The molecule has 62 heavy (non-hydrogen) atoms. The van der Waals surface area contributed by atoms with E-state index in [9.17, 15) is 0 Å². The standard InChI is InChI=1S/C60H48N2/c1-59(2)50-29-11-13-31-52(50)61(5)54-33-17-27-45(57(54)59)41-23-15-25-43-47(41)36-48-42(46-28-18-34-55-58(46)60(3,4)51-30-12-14-32-53(51)62(55)6)24-16-26-44(48)56(43)49-35-37-19-7-8-20-38(37)39-21-9-10-22-40(39)49/h7-36H,1-6H3. The molecule has 12 rings (SSSR count). The molecule has 0 unspecified atom stereocenters. The van der Waals surface area contributed by atoms with E-state index in [1.807, 2.05) is 0 Å². The maximum absolute atomic E-state index is 2.53. The van der Waals surface area contributed by atoms with E-state index in [-0.39, 0.29) is 10.8 Å². The quantitative estimate of drug-likeness (QED) is 0.130. The molecule has 10 aromatic carbocycles. The summed E-state index contributed by atoms with van der Waals surface area (Å²) < 4.78 is 0. The summed E-state index contributed by atoms with van der Waals surface area (Å²) in [4.78, 5) is 4.78. The molecule has 0 spiro atoms. The van der Waals surface area contributed by atoms with Crippen LogP contribution in [0.1, 0.15) is 49.9 Å². The molecule has 2 aliphatic rings. The molecule has 298 valence electrons. The summed E-state index contributed by atoms with van der Waals surface area (Å²) in [7, 11) is 4.45. The van der Waals surface area contributed by atoms with Crippen molar-refractivity contribution in [3.05, 3.63) is 204 Å². The van der Waals surface area contributed by atoms with E-state index in [0.29, 0.717) is 0 Å². The topological polar surface area (TPSA) is 6.48 Å². The lowest BCUT2D eigenvalue weighted by Gasteiger charge is -2.42.